The number of benzene rings is 3. The zero-order valence-electron chi connectivity index (χ0n) is 18.7. The van der Waals surface area contributed by atoms with Gasteiger partial charge in [-0.05, 0) is 48.7 Å². The molecule has 0 spiro atoms. The Labute approximate surface area is 193 Å². The minimum absolute atomic E-state index is 0.0524. The van der Waals surface area contributed by atoms with Crippen LogP contribution >= 0.6 is 0 Å². The molecule has 4 aromatic rings. The van der Waals surface area contributed by atoms with Crippen LogP contribution in [0, 0.1) is 0 Å². The molecular formula is C27H27N3O3. The second kappa shape index (κ2) is 9.46. The van der Waals surface area contributed by atoms with E-state index < -0.39 is 0 Å². The number of hydrogen-bond acceptors (Lipinski definition) is 5. The molecule has 1 amide bonds. The molecule has 1 aromatic heterocycles. The van der Waals surface area contributed by atoms with E-state index in [1.165, 1.54) is 5.56 Å². The number of ether oxygens (including phenoxy) is 1. The van der Waals surface area contributed by atoms with Gasteiger partial charge in [-0.25, -0.2) is 0 Å². The van der Waals surface area contributed by atoms with Crippen LogP contribution in [-0.2, 0) is 6.54 Å². The molecule has 1 saturated heterocycles. The van der Waals surface area contributed by atoms with Crippen molar-refractivity contribution in [3.63, 3.8) is 0 Å². The highest BCUT2D eigenvalue weighted by molar-refractivity contribution is 6.01. The lowest BCUT2D eigenvalue weighted by Gasteiger charge is -2.32. The number of aromatic nitrogens is 1. The molecule has 5 rings (SSSR count). The van der Waals surface area contributed by atoms with Gasteiger partial charge < -0.3 is 14.6 Å². The fraction of sp³-hybridized carbons (Fsp3) is 0.259. The Hall–Kier alpha value is -3.64. The van der Waals surface area contributed by atoms with Crippen molar-refractivity contribution in [2.45, 2.75) is 25.4 Å². The van der Waals surface area contributed by atoms with Gasteiger partial charge in [-0.3, -0.25) is 9.69 Å². The molecule has 0 bridgehead atoms. The molecule has 6 heteroatoms. The third-order valence-corrected chi connectivity index (χ3v) is 6.24. The van der Waals surface area contributed by atoms with Crippen LogP contribution in [0.2, 0.25) is 0 Å². The van der Waals surface area contributed by atoms with Crippen LogP contribution in [0.3, 0.4) is 0 Å². The largest absolute Gasteiger partial charge is 0.497 e. The molecule has 1 aliphatic heterocycles. The van der Waals surface area contributed by atoms with E-state index in [0.717, 1.165) is 54.7 Å². The first-order valence-corrected chi connectivity index (χ1v) is 11.3. The molecule has 0 saturated carbocycles. The van der Waals surface area contributed by atoms with Gasteiger partial charge in [0.1, 0.15) is 11.3 Å². The Balaban J connectivity index is 1.21. The number of nitrogens with zero attached hydrogens (tertiary/aromatic N) is 2. The number of carbonyl (C=O) groups excluding carboxylic acids is 1. The Kier molecular flexibility index (Phi) is 6.09. The van der Waals surface area contributed by atoms with E-state index >= 15 is 0 Å². The topological polar surface area (TPSA) is 67.6 Å². The number of amides is 1. The quantitative estimate of drug-likeness (QED) is 0.461. The van der Waals surface area contributed by atoms with Crippen LogP contribution in [0.4, 0.5) is 0 Å². The molecule has 1 fully saturated rings. The summed E-state index contributed by atoms with van der Waals surface area (Å²) in [5, 5.41) is 8.21. The molecule has 33 heavy (non-hydrogen) atoms. The average Bonchev–Trinajstić information content (AvgIpc) is 3.29. The van der Waals surface area contributed by atoms with Gasteiger partial charge in [0, 0.05) is 36.8 Å². The number of methoxy groups -OCH3 is 1. The molecule has 1 aliphatic rings. The van der Waals surface area contributed by atoms with E-state index in [4.69, 9.17) is 9.26 Å². The van der Waals surface area contributed by atoms with Crippen LogP contribution in [0.1, 0.15) is 28.8 Å². The van der Waals surface area contributed by atoms with Gasteiger partial charge in [0.15, 0.2) is 5.76 Å². The standard InChI is InChI=1S/C27H27N3O3/c1-32-23-9-5-6-19(16-23)18-30-14-12-22(13-15-30)28-27(31)21-10-11-25-24(17-21)26(33-29-25)20-7-3-2-4-8-20/h2-11,16-17,22H,12-15,18H2,1H3,(H,28,31). The van der Waals surface area contributed by atoms with Crippen molar-refractivity contribution in [3.05, 3.63) is 83.9 Å². The van der Waals surface area contributed by atoms with Crippen molar-refractivity contribution in [3.8, 4) is 17.1 Å². The Morgan fingerprint density at radius 2 is 1.88 bits per heavy atom. The minimum atomic E-state index is -0.0524. The van der Waals surface area contributed by atoms with Crippen LogP contribution in [0.5, 0.6) is 5.75 Å². The van der Waals surface area contributed by atoms with Crippen molar-refractivity contribution in [1.29, 1.82) is 0 Å². The van der Waals surface area contributed by atoms with E-state index in [0.29, 0.717) is 11.3 Å². The summed E-state index contributed by atoms with van der Waals surface area (Å²) in [7, 11) is 1.69. The normalized spacial score (nSPS) is 14.9. The van der Waals surface area contributed by atoms with Crippen LogP contribution in [-0.4, -0.2) is 42.2 Å². The maximum atomic E-state index is 13.0. The van der Waals surface area contributed by atoms with Gasteiger partial charge in [0.25, 0.3) is 5.91 Å². The molecule has 1 N–H and O–H groups in total. The van der Waals surface area contributed by atoms with E-state index in [2.05, 4.69) is 27.5 Å². The number of fused-ring (bicyclic) bond motifs is 1. The van der Waals surface area contributed by atoms with Gasteiger partial charge in [-0.15, -0.1) is 0 Å². The Morgan fingerprint density at radius 3 is 2.67 bits per heavy atom. The molecule has 0 atom stereocenters. The van der Waals surface area contributed by atoms with E-state index in [9.17, 15) is 4.79 Å². The fourth-order valence-electron chi connectivity index (χ4n) is 4.41. The predicted molar refractivity (Wildman–Crippen MR) is 128 cm³/mol. The van der Waals surface area contributed by atoms with E-state index in [-0.39, 0.29) is 11.9 Å². The van der Waals surface area contributed by atoms with Crippen molar-refractivity contribution >= 4 is 16.8 Å². The van der Waals surface area contributed by atoms with Gasteiger partial charge in [0.2, 0.25) is 0 Å². The summed E-state index contributed by atoms with van der Waals surface area (Å²) < 4.78 is 10.9. The summed E-state index contributed by atoms with van der Waals surface area (Å²) in [5.41, 5.74) is 3.56. The molecule has 0 unspecified atom stereocenters. The van der Waals surface area contributed by atoms with Crippen molar-refractivity contribution in [2.24, 2.45) is 0 Å². The third-order valence-electron chi connectivity index (χ3n) is 6.24. The lowest BCUT2D eigenvalue weighted by molar-refractivity contribution is 0.0909. The number of piperidine rings is 1. The number of nitrogens with one attached hydrogen (secondary N) is 1. The Bertz CT molecular complexity index is 1240. The second-order valence-electron chi connectivity index (χ2n) is 8.49. The highest BCUT2D eigenvalue weighted by atomic mass is 16.5. The zero-order chi connectivity index (χ0) is 22.6. The summed E-state index contributed by atoms with van der Waals surface area (Å²) in [5.74, 6) is 1.52. The SMILES string of the molecule is COc1cccc(CN2CCC(NC(=O)c3ccc4noc(-c5ccccc5)c4c3)CC2)c1. The van der Waals surface area contributed by atoms with E-state index in [1.54, 1.807) is 7.11 Å². The first kappa shape index (κ1) is 21.2. The van der Waals surface area contributed by atoms with Crippen molar-refractivity contribution < 1.29 is 14.1 Å². The molecule has 3 aromatic carbocycles. The number of rotatable bonds is 6. The summed E-state index contributed by atoms with van der Waals surface area (Å²) in [6.45, 7) is 2.79. The highest BCUT2D eigenvalue weighted by Gasteiger charge is 2.22. The minimum Gasteiger partial charge on any atom is -0.497 e. The molecule has 0 aliphatic carbocycles. The van der Waals surface area contributed by atoms with Crippen molar-refractivity contribution in [1.82, 2.24) is 15.4 Å². The Morgan fingerprint density at radius 1 is 1.06 bits per heavy atom. The van der Waals surface area contributed by atoms with Crippen LogP contribution in [0.15, 0.2) is 77.3 Å². The number of likely N-dealkylation sites (tertiary alicyclic amines) is 1. The van der Waals surface area contributed by atoms with E-state index in [1.807, 2.05) is 60.7 Å². The molecule has 0 radical (unpaired) electrons. The van der Waals surface area contributed by atoms with Gasteiger partial charge in [-0.1, -0.05) is 47.6 Å². The van der Waals surface area contributed by atoms with Crippen LogP contribution < -0.4 is 10.1 Å². The zero-order valence-corrected chi connectivity index (χ0v) is 18.7. The molecule has 6 nitrogen and oxygen atoms in total. The average molecular weight is 442 g/mol. The summed E-state index contributed by atoms with van der Waals surface area (Å²) in [6.07, 6.45) is 1.86. The second-order valence-corrected chi connectivity index (χ2v) is 8.49. The predicted octanol–water partition coefficient (Wildman–Crippen LogP) is 4.90. The lowest BCUT2D eigenvalue weighted by Crippen LogP contribution is -2.44. The van der Waals surface area contributed by atoms with Gasteiger partial charge in [0.05, 0.1) is 12.5 Å². The first-order chi connectivity index (χ1) is 16.2. The van der Waals surface area contributed by atoms with Crippen LogP contribution in [0.25, 0.3) is 22.2 Å². The maximum Gasteiger partial charge on any atom is 0.251 e. The molecular weight excluding hydrogens is 414 g/mol. The first-order valence-electron chi connectivity index (χ1n) is 11.3. The summed E-state index contributed by atoms with van der Waals surface area (Å²) >= 11 is 0. The number of hydrogen-bond donors (Lipinski definition) is 1. The smallest absolute Gasteiger partial charge is 0.251 e. The van der Waals surface area contributed by atoms with Gasteiger partial charge >= 0.3 is 0 Å². The number of carbonyl (C=O) groups is 1. The summed E-state index contributed by atoms with van der Waals surface area (Å²) in [4.78, 5) is 15.4. The highest BCUT2D eigenvalue weighted by Crippen LogP contribution is 2.29. The van der Waals surface area contributed by atoms with Crippen molar-refractivity contribution in [2.75, 3.05) is 20.2 Å². The molecule has 168 valence electrons. The summed E-state index contributed by atoms with van der Waals surface area (Å²) in [6, 6.07) is 23.7. The molecule has 2 heterocycles. The van der Waals surface area contributed by atoms with Gasteiger partial charge in [-0.2, -0.15) is 0 Å². The fourth-order valence-corrected chi connectivity index (χ4v) is 4.41. The monoisotopic (exact) mass is 441 g/mol. The maximum absolute atomic E-state index is 13.0. The lowest BCUT2D eigenvalue weighted by atomic mass is 10.0. The third kappa shape index (κ3) is 4.76.